The summed E-state index contributed by atoms with van der Waals surface area (Å²) < 4.78 is 5.73. The van der Waals surface area contributed by atoms with Crippen LogP contribution < -0.4 is 12.4 Å². The number of hydrogen-bond donors (Lipinski definition) is 0. The summed E-state index contributed by atoms with van der Waals surface area (Å²) >= 11 is 0. The first kappa shape index (κ1) is 15.0. The average molecular weight is 208 g/mol. The molecule has 0 radical (unpaired) electrons. The van der Waals surface area contributed by atoms with E-state index in [0.29, 0.717) is 6.61 Å². The second-order valence-corrected chi connectivity index (χ2v) is 3.68. The predicted octanol–water partition coefficient (Wildman–Crippen LogP) is -2.18. The van der Waals surface area contributed by atoms with E-state index in [-0.39, 0.29) is 18.4 Å². The number of halogens is 1. The van der Waals surface area contributed by atoms with Gasteiger partial charge >= 0.3 is 5.97 Å². The first-order valence-corrected chi connectivity index (χ1v) is 4.05. The number of ether oxygens (including phenoxy) is 1. The molecule has 0 N–H and O–H groups in total. The van der Waals surface area contributed by atoms with Crippen molar-refractivity contribution in [2.45, 2.75) is 6.92 Å². The van der Waals surface area contributed by atoms with Crippen LogP contribution in [-0.2, 0) is 9.53 Å². The summed E-state index contributed by atoms with van der Waals surface area (Å²) in [5.74, 6) is -0.258. The molecule has 0 spiro atoms. The zero-order valence-electron chi connectivity index (χ0n) is 8.71. The highest BCUT2D eigenvalue weighted by atomic mass is 35.5. The second-order valence-electron chi connectivity index (χ2n) is 3.68. The van der Waals surface area contributed by atoms with Gasteiger partial charge in [-0.15, -0.1) is 0 Å². The lowest BCUT2D eigenvalue weighted by Crippen LogP contribution is -3.00. The van der Waals surface area contributed by atoms with Gasteiger partial charge in [0.2, 0.25) is 0 Å². The summed E-state index contributed by atoms with van der Waals surface area (Å²) in [5.41, 5.74) is 0. The minimum absolute atomic E-state index is 0. The maximum Gasteiger partial charge on any atom is 0.330 e. The van der Waals surface area contributed by atoms with Gasteiger partial charge in [0.15, 0.2) is 0 Å². The maximum atomic E-state index is 10.8. The fourth-order valence-corrected chi connectivity index (χ4v) is 0.604. The summed E-state index contributed by atoms with van der Waals surface area (Å²) in [6.45, 7) is 3.11. The number of esters is 1. The molecule has 0 unspecified atom stereocenters. The summed E-state index contributed by atoms with van der Waals surface area (Å²) in [6.07, 6.45) is 3.10. The molecule has 0 aromatic heterocycles. The smallest absolute Gasteiger partial charge is 0.330 e. The molecule has 3 nitrogen and oxygen atoms in total. The average Bonchev–Trinajstić information content (AvgIpc) is 1.84. The van der Waals surface area contributed by atoms with E-state index in [1.807, 2.05) is 0 Å². The predicted molar refractivity (Wildman–Crippen MR) is 48.7 cm³/mol. The lowest BCUT2D eigenvalue weighted by molar-refractivity contribution is -0.870. The fourth-order valence-electron chi connectivity index (χ4n) is 0.604. The molecule has 0 aliphatic heterocycles. The maximum absolute atomic E-state index is 10.8. The molecule has 4 heteroatoms. The molecule has 0 aliphatic rings. The minimum atomic E-state index is -0.258. The Labute approximate surface area is 86.4 Å². The van der Waals surface area contributed by atoms with E-state index < -0.39 is 0 Å². The highest BCUT2D eigenvalue weighted by Gasteiger charge is 2.07. The highest BCUT2D eigenvalue weighted by Crippen LogP contribution is 1.90. The Kier molecular flexibility index (Phi) is 7.96. The Morgan fingerprint density at radius 3 is 2.31 bits per heavy atom. The molecule has 0 bridgehead atoms. The van der Waals surface area contributed by atoms with Crippen LogP contribution in [0.25, 0.3) is 0 Å². The molecule has 0 aliphatic carbocycles. The summed E-state index contributed by atoms with van der Waals surface area (Å²) in [5, 5.41) is 0. The van der Waals surface area contributed by atoms with Gasteiger partial charge in [-0.2, -0.15) is 0 Å². The van der Waals surface area contributed by atoms with Gasteiger partial charge in [0.25, 0.3) is 0 Å². The summed E-state index contributed by atoms with van der Waals surface area (Å²) in [7, 11) is 6.18. The largest absolute Gasteiger partial charge is 1.00 e. The number of carbonyl (C=O) groups excluding carboxylic acids is 1. The first-order chi connectivity index (χ1) is 5.45. The summed E-state index contributed by atoms with van der Waals surface area (Å²) in [6, 6.07) is 0. The van der Waals surface area contributed by atoms with E-state index in [0.717, 1.165) is 11.0 Å². The van der Waals surface area contributed by atoms with E-state index >= 15 is 0 Å². The topological polar surface area (TPSA) is 26.3 Å². The van der Waals surface area contributed by atoms with Gasteiger partial charge in [-0.05, 0) is 6.92 Å². The first-order valence-electron chi connectivity index (χ1n) is 4.05. The van der Waals surface area contributed by atoms with Crippen LogP contribution in [-0.4, -0.2) is 44.7 Å². The third-order valence-corrected chi connectivity index (χ3v) is 1.31. The molecule has 0 saturated carbocycles. The molecule has 0 atom stereocenters. The van der Waals surface area contributed by atoms with Crippen LogP contribution in [0.5, 0.6) is 0 Å². The molecule has 0 aromatic rings. The number of carbonyl (C=O) groups is 1. The SMILES string of the molecule is CC=CC(=O)OCC[N+](C)(C)C.[Cl-]. The van der Waals surface area contributed by atoms with E-state index in [4.69, 9.17) is 4.74 Å². The third kappa shape index (κ3) is 11.5. The van der Waals surface area contributed by atoms with Crippen LogP contribution in [0.15, 0.2) is 12.2 Å². The number of likely N-dealkylation sites (N-methyl/N-ethyl adjacent to an activating group) is 1. The molecule has 0 amide bonds. The normalized spacial score (nSPS) is 11.1. The van der Waals surface area contributed by atoms with E-state index in [2.05, 4.69) is 21.1 Å². The highest BCUT2D eigenvalue weighted by molar-refractivity contribution is 5.81. The molecule has 0 rings (SSSR count). The van der Waals surface area contributed by atoms with Gasteiger partial charge in [-0.1, -0.05) is 6.08 Å². The van der Waals surface area contributed by atoms with Crippen molar-refractivity contribution in [1.82, 2.24) is 0 Å². The Hall–Kier alpha value is -0.540. The fraction of sp³-hybridized carbons (Fsp3) is 0.667. The third-order valence-electron chi connectivity index (χ3n) is 1.31. The Morgan fingerprint density at radius 2 is 1.92 bits per heavy atom. The van der Waals surface area contributed by atoms with Crippen LogP contribution in [0.1, 0.15) is 6.92 Å². The number of hydrogen-bond acceptors (Lipinski definition) is 2. The number of nitrogens with zero attached hydrogens (tertiary/aromatic N) is 1. The quantitative estimate of drug-likeness (QED) is 0.298. The van der Waals surface area contributed by atoms with Crippen molar-refractivity contribution < 1.29 is 26.4 Å². The Morgan fingerprint density at radius 1 is 1.38 bits per heavy atom. The van der Waals surface area contributed by atoms with Crippen molar-refractivity contribution in [3.8, 4) is 0 Å². The number of quaternary nitrogens is 1. The molecular weight excluding hydrogens is 190 g/mol. The zero-order valence-corrected chi connectivity index (χ0v) is 9.47. The molecular formula is C9H18ClNO2. The van der Waals surface area contributed by atoms with Crippen molar-refractivity contribution in [2.75, 3.05) is 34.3 Å². The van der Waals surface area contributed by atoms with Gasteiger partial charge in [-0.3, -0.25) is 0 Å². The molecule has 0 aromatic carbocycles. The van der Waals surface area contributed by atoms with Crippen molar-refractivity contribution >= 4 is 5.97 Å². The van der Waals surface area contributed by atoms with Crippen LogP contribution >= 0.6 is 0 Å². The van der Waals surface area contributed by atoms with Gasteiger partial charge in [-0.25, -0.2) is 4.79 Å². The van der Waals surface area contributed by atoms with Crippen molar-refractivity contribution in [3.05, 3.63) is 12.2 Å². The Balaban J connectivity index is 0. The molecule has 78 valence electrons. The van der Waals surface area contributed by atoms with Gasteiger partial charge in [0, 0.05) is 6.08 Å². The van der Waals surface area contributed by atoms with Gasteiger partial charge in [0.05, 0.1) is 21.1 Å². The lowest BCUT2D eigenvalue weighted by Gasteiger charge is -2.23. The number of allylic oxidation sites excluding steroid dienone is 1. The van der Waals surface area contributed by atoms with Crippen LogP contribution in [0.2, 0.25) is 0 Å². The molecule has 0 saturated heterocycles. The van der Waals surface area contributed by atoms with Gasteiger partial charge < -0.3 is 21.6 Å². The second kappa shape index (κ2) is 6.92. The van der Waals surface area contributed by atoms with Crippen molar-refractivity contribution in [1.29, 1.82) is 0 Å². The van der Waals surface area contributed by atoms with Crippen molar-refractivity contribution in [2.24, 2.45) is 0 Å². The zero-order chi connectivity index (χ0) is 9.61. The van der Waals surface area contributed by atoms with Gasteiger partial charge in [0.1, 0.15) is 13.2 Å². The molecule has 0 fully saturated rings. The molecule has 0 heterocycles. The Bertz CT molecular complexity index is 173. The molecule has 13 heavy (non-hydrogen) atoms. The van der Waals surface area contributed by atoms with Crippen LogP contribution in [0, 0.1) is 0 Å². The lowest BCUT2D eigenvalue weighted by atomic mass is 10.5. The van der Waals surface area contributed by atoms with E-state index in [1.165, 1.54) is 6.08 Å². The summed E-state index contributed by atoms with van der Waals surface area (Å²) in [4.78, 5) is 10.8. The van der Waals surface area contributed by atoms with Crippen LogP contribution in [0.4, 0.5) is 0 Å². The van der Waals surface area contributed by atoms with Crippen molar-refractivity contribution in [3.63, 3.8) is 0 Å². The minimum Gasteiger partial charge on any atom is -1.00 e. The number of rotatable bonds is 4. The van der Waals surface area contributed by atoms with E-state index in [9.17, 15) is 4.79 Å². The van der Waals surface area contributed by atoms with E-state index in [1.54, 1.807) is 13.0 Å². The standard InChI is InChI=1S/C9H18NO2.ClH/c1-5-6-9(11)12-8-7-10(2,3)4;/h5-6H,7-8H2,1-4H3;1H/q+1;/p-1. The monoisotopic (exact) mass is 207 g/mol. The van der Waals surface area contributed by atoms with Crippen LogP contribution in [0.3, 0.4) is 0 Å².